The van der Waals surface area contributed by atoms with Gasteiger partial charge in [-0.3, -0.25) is 9.10 Å². The molecule has 146 valence electrons. The molecule has 2 aromatic carbocycles. The van der Waals surface area contributed by atoms with E-state index in [1.807, 2.05) is 0 Å². The van der Waals surface area contributed by atoms with Crippen LogP contribution in [0.5, 0.6) is 5.75 Å². The van der Waals surface area contributed by atoms with Crippen molar-refractivity contribution in [3.05, 3.63) is 41.4 Å². The van der Waals surface area contributed by atoms with E-state index < -0.39 is 10.0 Å². The molecule has 0 saturated heterocycles. The number of sulfonamides is 1. The Balaban J connectivity index is 2.59. The van der Waals surface area contributed by atoms with Crippen LogP contribution in [-0.4, -0.2) is 27.5 Å². The van der Waals surface area contributed by atoms with Gasteiger partial charge in [0.25, 0.3) is 10.0 Å². The monoisotopic (exact) mass is 411 g/mol. The predicted molar refractivity (Wildman–Crippen MR) is 108 cm³/mol. The van der Waals surface area contributed by atoms with E-state index in [1.165, 1.54) is 29.4 Å². The topological polar surface area (TPSA) is 102 Å². The van der Waals surface area contributed by atoms with Crippen LogP contribution in [0, 0.1) is 0 Å². The van der Waals surface area contributed by atoms with E-state index in [1.54, 1.807) is 32.0 Å². The summed E-state index contributed by atoms with van der Waals surface area (Å²) < 4.78 is 33.2. The SMILES string of the molecule is CCOc1ccc(NC(C)=O)cc1N(CC)S(=O)(=O)c1ccc(N)c(Cl)c1. The summed E-state index contributed by atoms with van der Waals surface area (Å²) in [5.41, 5.74) is 6.75. The zero-order chi connectivity index (χ0) is 20.2. The molecule has 0 unspecified atom stereocenters. The Morgan fingerprint density at radius 1 is 1.22 bits per heavy atom. The standard InChI is InChI=1S/C18H22ClN3O4S/c1-4-22(27(24,25)14-7-8-16(20)15(19)11-14)17-10-13(21-12(3)23)6-9-18(17)26-5-2/h6-11H,4-5,20H2,1-3H3,(H,21,23). The average molecular weight is 412 g/mol. The first-order valence-electron chi connectivity index (χ1n) is 8.32. The average Bonchev–Trinajstić information content (AvgIpc) is 2.59. The first kappa shape index (κ1) is 20.9. The van der Waals surface area contributed by atoms with E-state index in [2.05, 4.69) is 5.32 Å². The van der Waals surface area contributed by atoms with Gasteiger partial charge in [0, 0.05) is 19.2 Å². The zero-order valence-corrected chi connectivity index (χ0v) is 16.9. The van der Waals surface area contributed by atoms with Crippen LogP contribution in [0.15, 0.2) is 41.3 Å². The van der Waals surface area contributed by atoms with E-state index in [-0.39, 0.29) is 22.4 Å². The summed E-state index contributed by atoms with van der Waals surface area (Å²) in [5.74, 6) is 0.125. The number of nitrogens with one attached hydrogen (secondary N) is 1. The quantitative estimate of drug-likeness (QED) is 0.679. The lowest BCUT2D eigenvalue weighted by Gasteiger charge is -2.26. The summed E-state index contributed by atoms with van der Waals surface area (Å²) in [7, 11) is -3.93. The highest BCUT2D eigenvalue weighted by Gasteiger charge is 2.27. The fourth-order valence-corrected chi connectivity index (χ4v) is 4.28. The molecule has 0 atom stereocenters. The van der Waals surface area contributed by atoms with Crippen molar-refractivity contribution in [2.75, 3.05) is 28.5 Å². The Bertz CT molecular complexity index is 948. The Kier molecular flexibility index (Phi) is 6.56. The second kappa shape index (κ2) is 8.49. The Hall–Kier alpha value is -2.45. The highest BCUT2D eigenvalue weighted by molar-refractivity contribution is 7.92. The number of halogens is 1. The van der Waals surface area contributed by atoms with Crippen LogP contribution >= 0.6 is 11.6 Å². The van der Waals surface area contributed by atoms with Crippen LogP contribution in [-0.2, 0) is 14.8 Å². The third-order valence-corrected chi connectivity index (χ3v) is 5.91. The van der Waals surface area contributed by atoms with Gasteiger partial charge in [-0.25, -0.2) is 8.42 Å². The van der Waals surface area contributed by atoms with E-state index in [0.717, 1.165) is 0 Å². The molecule has 9 heteroatoms. The van der Waals surface area contributed by atoms with Crippen LogP contribution in [0.2, 0.25) is 5.02 Å². The first-order valence-corrected chi connectivity index (χ1v) is 10.1. The minimum Gasteiger partial charge on any atom is -0.492 e. The second-order valence-corrected chi connectivity index (χ2v) is 7.92. The Labute approximate surface area is 164 Å². The maximum atomic E-state index is 13.2. The molecule has 0 aliphatic heterocycles. The molecule has 0 heterocycles. The van der Waals surface area contributed by atoms with Gasteiger partial charge < -0.3 is 15.8 Å². The minimum atomic E-state index is -3.93. The number of carbonyl (C=O) groups is 1. The van der Waals surface area contributed by atoms with Crippen molar-refractivity contribution >= 4 is 44.6 Å². The van der Waals surface area contributed by atoms with Gasteiger partial charge in [0.15, 0.2) is 0 Å². The molecule has 3 N–H and O–H groups in total. The molecule has 0 spiro atoms. The van der Waals surface area contributed by atoms with Gasteiger partial charge in [0.2, 0.25) is 5.91 Å². The lowest BCUT2D eigenvalue weighted by molar-refractivity contribution is -0.114. The highest BCUT2D eigenvalue weighted by Crippen LogP contribution is 2.36. The number of rotatable bonds is 7. The lowest BCUT2D eigenvalue weighted by Crippen LogP contribution is -2.31. The fourth-order valence-electron chi connectivity index (χ4n) is 2.54. The van der Waals surface area contributed by atoms with Crippen molar-refractivity contribution in [2.24, 2.45) is 0 Å². The number of carbonyl (C=O) groups excluding carboxylic acids is 1. The van der Waals surface area contributed by atoms with E-state index in [9.17, 15) is 13.2 Å². The van der Waals surface area contributed by atoms with Crippen LogP contribution in [0.25, 0.3) is 0 Å². The molecule has 7 nitrogen and oxygen atoms in total. The molecule has 0 aliphatic rings. The van der Waals surface area contributed by atoms with Crippen molar-refractivity contribution in [3.63, 3.8) is 0 Å². The minimum absolute atomic E-state index is 0.0101. The van der Waals surface area contributed by atoms with Gasteiger partial charge in [-0.05, 0) is 50.2 Å². The van der Waals surface area contributed by atoms with Crippen LogP contribution in [0.4, 0.5) is 17.1 Å². The van der Waals surface area contributed by atoms with E-state index in [0.29, 0.717) is 29.4 Å². The highest BCUT2D eigenvalue weighted by atomic mass is 35.5. The summed E-state index contributed by atoms with van der Waals surface area (Å²) in [4.78, 5) is 11.4. The van der Waals surface area contributed by atoms with Gasteiger partial charge in [0.05, 0.1) is 27.9 Å². The second-order valence-electron chi connectivity index (χ2n) is 5.65. The van der Waals surface area contributed by atoms with Crippen molar-refractivity contribution in [3.8, 4) is 5.75 Å². The number of hydrogen-bond acceptors (Lipinski definition) is 5. The molecular formula is C18H22ClN3O4S. The predicted octanol–water partition coefficient (Wildman–Crippen LogP) is 3.49. The number of benzene rings is 2. The Morgan fingerprint density at radius 3 is 2.48 bits per heavy atom. The molecular weight excluding hydrogens is 390 g/mol. The van der Waals surface area contributed by atoms with Crippen LogP contribution < -0.4 is 20.1 Å². The van der Waals surface area contributed by atoms with Crippen molar-refractivity contribution in [1.29, 1.82) is 0 Å². The number of ether oxygens (including phenoxy) is 1. The third-order valence-electron chi connectivity index (χ3n) is 3.69. The number of nitrogens with two attached hydrogens (primary N) is 1. The van der Waals surface area contributed by atoms with Gasteiger partial charge >= 0.3 is 0 Å². The fraction of sp³-hybridized carbons (Fsp3) is 0.278. The van der Waals surface area contributed by atoms with Gasteiger partial charge in [-0.2, -0.15) is 0 Å². The summed E-state index contributed by atoms with van der Waals surface area (Å²) >= 11 is 6.00. The van der Waals surface area contributed by atoms with Crippen molar-refractivity contribution in [1.82, 2.24) is 0 Å². The molecule has 0 aromatic heterocycles. The summed E-state index contributed by atoms with van der Waals surface area (Å²) in [6.07, 6.45) is 0. The first-order chi connectivity index (χ1) is 12.7. The number of amides is 1. The van der Waals surface area contributed by atoms with E-state index >= 15 is 0 Å². The zero-order valence-electron chi connectivity index (χ0n) is 15.3. The third kappa shape index (κ3) is 4.64. The summed E-state index contributed by atoms with van der Waals surface area (Å²) in [6, 6.07) is 8.99. The number of nitrogen functional groups attached to an aromatic ring is 1. The number of anilines is 3. The van der Waals surface area contributed by atoms with Gasteiger partial charge in [-0.1, -0.05) is 11.6 Å². The van der Waals surface area contributed by atoms with Gasteiger partial charge in [0.1, 0.15) is 5.75 Å². The van der Waals surface area contributed by atoms with Gasteiger partial charge in [-0.15, -0.1) is 0 Å². The Morgan fingerprint density at radius 2 is 1.93 bits per heavy atom. The van der Waals surface area contributed by atoms with Crippen molar-refractivity contribution < 1.29 is 17.9 Å². The van der Waals surface area contributed by atoms with Crippen molar-refractivity contribution in [2.45, 2.75) is 25.7 Å². The molecule has 2 rings (SSSR count). The maximum Gasteiger partial charge on any atom is 0.264 e. The largest absolute Gasteiger partial charge is 0.492 e. The normalized spacial score (nSPS) is 11.1. The molecule has 0 radical (unpaired) electrons. The molecule has 2 aromatic rings. The van der Waals surface area contributed by atoms with Crippen LogP contribution in [0.3, 0.4) is 0 Å². The smallest absolute Gasteiger partial charge is 0.264 e. The molecule has 27 heavy (non-hydrogen) atoms. The van der Waals surface area contributed by atoms with E-state index in [4.69, 9.17) is 22.1 Å². The number of hydrogen-bond donors (Lipinski definition) is 2. The molecule has 0 aliphatic carbocycles. The molecule has 1 amide bonds. The molecule has 0 saturated carbocycles. The maximum absolute atomic E-state index is 13.2. The van der Waals surface area contributed by atoms with Crippen LogP contribution in [0.1, 0.15) is 20.8 Å². The molecule has 0 fully saturated rings. The summed E-state index contributed by atoms with van der Waals surface area (Å²) in [5, 5.41) is 2.80. The summed E-state index contributed by atoms with van der Waals surface area (Å²) in [6.45, 7) is 5.39. The lowest BCUT2D eigenvalue weighted by atomic mass is 10.2. The number of nitrogens with zero attached hydrogens (tertiary/aromatic N) is 1. The molecule has 0 bridgehead atoms.